The average molecular weight is 252 g/mol. The number of morpholine rings is 1. The summed E-state index contributed by atoms with van der Waals surface area (Å²) < 4.78 is 6.33. The molecule has 0 aromatic rings. The first-order chi connectivity index (χ1) is 8.68. The molecule has 2 N–H and O–H groups in total. The summed E-state index contributed by atoms with van der Waals surface area (Å²) in [5, 5.41) is 7.49. The van der Waals surface area contributed by atoms with E-state index in [1.165, 1.54) is 38.5 Å². The molecule has 18 heavy (non-hydrogen) atoms. The monoisotopic (exact) mass is 252 g/mol. The molecule has 3 saturated heterocycles. The molecule has 0 amide bonds. The Balaban J connectivity index is 1.70. The van der Waals surface area contributed by atoms with Gasteiger partial charge in [0.15, 0.2) is 0 Å². The van der Waals surface area contributed by atoms with Crippen LogP contribution in [-0.2, 0) is 4.74 Å². The summed E-state index contributed by atoms with van der Waals surface area (Å²) in [6.45, 7) is 6.58. The fraction of sp³-hybridized carbons (Fsp3) is 1.00. The number of hydrogen-bond acceptors (Lipinski definition) is 3. The number of rotatable bonds is 3. The predicted octanol–water partition coefficient (Wildman–Crippen LogP) is 2.06. The van der Waals surface area contributed by atoms with Gasteiger partial charge in [-0.3, -0.25) is 0 Å². The van der Waals surface area contributed by atoms with Crippen LogP contribution in [-0.4, -0.2) is 36.9 Å². The summed E-state index contributed by atoms with van der Waals surface area (Å²) in [4.78, 5) is 0. The highest BCUT2D eigenvalue weighted by molar-refractivity contribution is 5.07. The summed E-state index contributed by atoms with van der Waals surface area (Å²) in [5.74, 6) is 0.796. The van der Waals surface area contributed by atoms with Crippen molar-refractivity contribution in [1.82, 2.24) is 10.6 Å². The van der Waals surface area contributed by atoms with Crippen molar-refractivity contribution >= 4 is 0 Å². The topological polar surface area (TPSA) is 33.3 Å². The van der Waals surface area contributed by atoms with Gasteiger partial charge in [0.25, 0.3) is 0 Å². The van der Waals surface area contributed by atoms with Gasteiger partial charge in [0.2, 0.25) is 0 Å². The second kappa shape index (κ2) is 5.10. The quantitative estimate of drug-likeness (QED) is 0.806. The van der Waals surface area contributed by atoms with Gasteiger partial charge in [0.05, 0.1) is 12.2 Å². The number of hydrogen-bond donors (Lipinski definition) is 2. The van der Waals surface area contributed by atoms with Crippen molar-refractivity contribution in [3.8, 4) is 0 Å². The van der Waals surface area contributed by atoms with E-state index in [9.17, 15) is 0 Å². The van der Waals surface area contributed by atoms with Gasteiger partial charge in [0.1, 0.15) is 0 Å². The molecule has 3 unspecified atom stereocenters. The highest BCUT2D eigenvalue weighted by Gasteiger charge is 2.49. The summed E-state index contributed by atoms with van der Waals surface area (Å²) >= 11 is 0. The maximum atomic E-state index is 6.33. The molecule has 3 fully saturated rings. The molecule has 0 aromatic heterocycles. The molecular formula is C15H28N2O. The SMILES string of the molecule is CC(C)CCC1NCCOC12CC1CCC(C2)N1. The van der Waals surface area contributed by atoms with Gasteiger partial charge in [-0.2, -0.15) is 0 Å². The van der Waals surface area contributed by atoms with Gasteiger partial charge >= 0.3 is 0 Å². The Kier molecular flexibility index (Phi) is 3.65. The van der Waals surface area contributed by atoms with Crippen LogP contribution in [0.2, 0.25) is 0 Å². The number of fused-ring (bicyclic) bond motifs is 2. The van der Waals surface area contributed by atoms with Crippen LogP contribution in [0.3, 0.4) is 0 Å². The largest absolute Gasteiger partial charge is 0.372 e. The van der Waals surface area contributed by atoms with Gasteiger partial charge in [-0.15, -0.1) is 0 Å². The second-order valence-electron chi connectivity index (χ2n) is 6.94. The first-order valence-corrected chi connectivity index (χ1v) is 7.81. The maximum Gasteiger partial charge on any atom is 0.0864 e. The van der Waals surface area contributed by atoms with Crippen molar-refractivity contribution < 1.29 is 4.74 Å². The van der Waals surface area contributed by atoms with Crippen molar-refractivity contribution in [3.63, 3.8) is 0 Å². The van der Waals surface area contributed by atoms with Crippen molar-refractivity contribution in [2.45, 2.75) is 76.1 Å². The normalized spacial score (nSPS) is 43.8. The molecule has 3 nitrogen and oxygen atoms in total. The molecule has 2 bridgehead atoms. The van der Waals surface area contributed by atoms with E-state index in [1.807, 2.05) is 0 Å². The van der Waals surface area contributed by atoms with E-state index in [-0.39, 0.29) is 5.60 Å². The first kappa shape index (κ1) is 12.9. The highest BCUT2D eigenvalue weighted by Crippen LogP contribution is 2.41. The third-order valence-corrected chi connectivity index (χ3v) is 5.07. The molecule has 0 aromatic carbocycles. The Hall–Kier alpha value is -0.120. The molecule has 3 heteroatoms. The summed E-state index contributed by atoms with van der Waals surface area (Å²) in [6.07, 6.45) is 7.74. The third kappa shape index (κ3) is 2.45. The fourth-order valence-corrected chi connectivity index (χ4v) is 4.18. The van der Waals surface area contributed by atoms with Crippen LogP contribution in [0.5, 0.6) is 0 Å². The molecule has 0 aliphatic carbocycles. The molecule has 104 valence electrons. The average Bonchev–Trinajstić information content (AvgIpc) is 2.68. The minimum absolute atomic E-state index is 0.143. The zero-order valence-corrected chi connectivity index (χ0v) is 11.9. The second-order valence-corrected chi connectivity index (χ2v) is 6.94. The van der Waals surface area contributed by atoms with Gasteiger partial charge in [-0.1, -0.05) is 13.8 Å². The Labute approximate surface area is 111 Å². The minimum atomic E-state index is 0.143. The van der Waals surface area contributed by atoms with Crippen LogP contribution in [0.15, 0.2) is 0 Å². The van der Waals surface area contributed by atoms with Crippen LogP contribution in [0.4, 0.5) is 0 Å². The van der Waals surface area contributed by atoms with Gasteiger partial charge in [-0.05, 0) is 44.4 Å². The minimum Gasteiger partial charge on any atom is -0.372 e. The number of ether oxygens (including phenoxy) is 1. The van der Waals surface area contributed by atoms with Crippen LogP contribution < -0.4 is 10.6 Å². The maximum absolute atomic E-state index is 6.33. The van der Waals surface area contributed by atoms with Gasteiger partial charge in [-0.25, -0.2) is 0 Å². The van der Waals surface area contributed by atoms with Crippen molar-refractivity contribution in [2.24, 2.45) is 5.92 Å². The molecule has 0 saturated carbocycles. The molecule has 3 heterocycles. The first-order valence-electron chi connectivity index (χ1n) is 7.81. The van der Waals surface area contributed by atoms with Crippen LogP contribution >= 0.6 is 0 Å². The van der Waals surface area contributed by atoms with E-state index in [0.29, 0.717) is 18.1 Å². The molecule has 3 aliphatic heterocycles. The Morgan fingerprint density at radius 2 is 1.94 bits per heavy atom. The molecule has 1 spiro atoms. The van der Waals surface area contributed by atoms with Crippen LogP contribution in [0.25, 0.3) is 0 Å². The van der Waals surface area contributed by atoms with E-state index >= 15 is 0 Å². The molecule has 3 rings (SSSR count). The van der Waals surface area contributed by atoms with E-state index < -0.39 is 0 Å². The number of piperidine rings is 1. The lowest BCUT2D eigenvalue weighted by molar-refractivity contribution is -0.125. The Morgan fingerprint density at radius 1 is 1.22 bits per heavy atom. The van der Waals surface area contributed by atoms with Crippen LogP contribution in [0.1, 0.15) is 52.4 Å². The molecule has 3 atom stereocenters. The van der Waals surface area contributed by atoms with Crippen molar-refractivity contribution in [3.05, 3.63) is 0 Å². The van der Waals surface area contributed by atoms with E-state index in [4.69, 9.17) is 4.74 Å². The van der Waals surface area contributed by atoms with E-state index in [2.05, 4.69) is 24.5 Å². The molecule has 0 radical (unpaired) electrons. The van der Waals surface area contributed by atoms with Crippen LogP contribution in [0, 0.1) is 5.92 Å². The summed E-state index contributed by atoms with van der Waals surface area (Å²) in [6, 6.07) is 2.01. The Bertz CT molecular complexity index is 280. The lowest BCUT2D eigenvalue weighted by atomic mass is 9.77. The van der Waals surface area contributed by atoms with Crippen molar-refractivity contribution in [2.75, 3.05) is 13.2 Å². The fourth-order valence-electron chi connectivity index (χ4n) is 4.18. The van der Waals surface area contributed by atoms with Gasteiger partial charge < -0.3 is 15.4 Å². The number of nitrogens with one attached hydrogen (secondary N) is 2. The van der Waals surface area contributed by atoms with Crippen molar-refractivity contribution in [1.29, 1.82) is 0 Å². The lowest BCUT2D eigenvalue weighted by Crippen LogP contribution is -2.63. The zero-order chi connectivity index (χ0) is 12.6. The summed E-state index contributed by atoms with van der Waals surface area (Å²) in [5.41, 5.74) is 0.143. The Morgan fingerprint density at radius 3 is 2.61 bits per heavy atom. The summed E-state index contributed by atoms with van der Waals surface area (Å²) in [7, 11) is 0. The van der Waals surface area contributed by atoms with E-state index in [0.717, 1.165) is 19.1 Å². The predicted molar refractivity (Wildman–Crippen MR) is 73.7 cm³/mol. The highest BCUT2D eigenvalue weighted by atomic mass is 16.5. The van der Waals surface area contributed by atoms with Gasteiger partial charge in [0, 0.05) is 24.7 Å². The smallest absolute Gasteiger partial charge is 0.0864 e. The molecular weight excluding hydrogens is 224 g/mol. The zero-order valence-electron chi connectivity index (χ0n) is 11.9. The standard InChI is InChI=1S/C15H28N2O/c1-11(2)3-6-14-15(18-8-7-16-14)9-12-4-5-13(10-15)17-12/h11-14,16-17H,3-10H2,1-2H3. The molecule has 3 aliphatic rings. The third-order valence-electron chi connectivity index (χ3n) is 5.07. The lowest BCUT2D eigenvalue weighted by Gasteiger charge is -2.49. The van der Waals surface area contributed by atoms with E-state index in [1.54, 1.807) is 0 Å².